The lowest BCUT2D eigenvalue weighted by Crippen LogP contribution is -2.73. The number of nitrogens with one attached hydrogen (secondary N) is 2. The number of rotatable bonds is 13. The smallest absolute Gasteiger partial charge is 0.189 e. The van der Waals surface area contributed by atoms with E-state index in [9.17, 15) is 0 Å². The van der Waals surface area contributed by atoms with E-state index in [4.69, 9.17) is 24.9 Å². The van der Waals surface area contributed by atoms with E-state index in [-0.39, 0.29) is 6.10 Å². The molecule has 4 N–H and O–H groups in total. The molecule has 0 bridgehead atoms. The molecule has 0 radical (unpaired) electrons. The zero-order valence-corrected chi connectivity index (χ0v) is 21.6. The Bertz CT molecular complexity index is 1180. The fourth-order valence-corrected chi connectivity index (χ4v) is 3.52. The molecule has 0 aromatic carbocycles. The number of nitrogens with two attached hydrogens (primary N) is 1. The van der Waals surface area contributed by atoms with Gasteiger partial charge >= 0.3 is 0 Å². The minimum atomic E-state index is -0.459. The van der Waals surface area contributed by atoms with Crippen LogP contribution in [0.15, 0.2) is 42.9 Å². The maximum atomic E-state index is 5.93. The van der Waals surface area contributed by atoms with Gasteiger partial charge in [0.2, 0.25) is 0 Å². The maximum absolute atomic E-state index is 5.93. The highest BCUT2D eigenvalue weighted by molar-refractivity contribution is 6.07. The van der Waals surface area contributed by atoms with Crippen LogP contribution in [0.25, 0.3) is 16.6 Å². The predicted octanol–water partition coefficient (Wildman–Crippen LogP) is 2.15. The first-order chi connectivity index (χ1) is 17.5. The molecule has 0 fully saturated rings. The number of pyridine rings is 2. The number of methoxy groups -OCH3 is 1. The molecule has 3 rings (SSSR count). The van der Waals surface area contributed by atoms with Crippen molar-refractivity contribution < 1.29 is 19.2 Å². The minimum absolute atomic E-state index is 0.289. The Morgan fingerprint density at radius 1 is 1.08 bits per heavy atom. The number of hydrogen-bond acceptors (Lipinski definition) is 9. The van der Waals surface area contributed by atoms with Gasteiger partial charge in [0.1, 0.15) is 5.82 Å². The Morgan fingerprint density at radius 2 is 1.86 bits per heavy atom. The van der Waals surface area contributed by atoms with E-state index >= 15 is 0 Å². The van der Waals surface area contributed by atoms with Crippen LogP contribution in [0, 0.1) is 0 Å². The standard InChI is InChI=1S/C26H35N7O3/c1-6-35-26(36-7-2)23(34-5)16-28-13-20(12-27)19-10-22-21(29-14-19)8-9-24(31-22)32-25-11-18(17(3)4)15-30-33-25/h8-15,17,23,26H,6-7,16,27H2,1-5H3,(H,31,32,33)/p+1. The summed E-state index contributed by atoms with van der Waals surface area (Å²) in [5.41, 5.74) is 10.1. The van der Waals surface area contributed by atoms with Gasteiger partial charge in [-0.1, -0.05) is 13.8 Å². The molecule has 3 heterocycles. The van der Waals surface area contributed by atoms with E-state index in [1.807, 2.05) is 44.3 Å². The largest absolute Gasteiger partial charge is 0.404 e. The lowest BCUT2D eigenvalue weighted by molar-refractivity contribution is -0.471. The minimum Gasteiger partial charge on any atom is -0.404 e. The first-order valence-corrected chi connectivity index (χ1v) is 12.1. The van der Waals surface area contributed by atoms with Gasteiger partial charge in [-0.3, -0.25) is 4.98 Å². The fourth-order valence-electron chi connectivity index (χ4n) is 3.52. The van der Waals surface area contributed by atoms with Crippen LogP contribution in [0.5, 0.6) is 0 Å². The number of nitrogens with zero attached hydrogens (tertiary/aromatic N) is 4. The Labute approximate surface area is 212 Å². The molecule has 0 amide bonds. The second kappa shape index (κ2) is 13.6. The third kappa shape index (κ3) is 7.27. The van der Waals surface area contributed by atoms with Crippen molar-refractivity contribution in [3.8, 4) is 0 Å². The van der Waals surface area contributed by atoms with Crippen molar-refractivity contribution in [2.45, 2.75) is 46.0 Å². The summed E-state index contributed by atoms with van der Waals surface area (Å²) in [6.45, 7) is 9.61. The van der Waals surface area contributed by atoms with Crippen LogP contribution in [-0.4, -0.2) is 65.6 Å². The molecule has 1 atom stereocenters. The van der Waals surface area contributed by atoms with Crippen LogP contribution in [0.3, 0.4) is 0 Å². The maximum Gasteiger partial charge on any atom is 0.189 e. The van der Waals surface area contributed by atoms with E-state index in [2.05, 4.69) is 39.3 Å². The summed E-state index contributed by atoms with van der Waals surface area (Å²) in [5, 5.41) is 11.5. The van der Waals surface area contributed by atoms with E-state index < -0.39 is 6.29 Å². The Hall–Kier alpha value is -3.47. The second-order valence-corrected chi connectivity index (χ2v) is 8.34. The molecule has 0 aliphatic heterocycles. The lowest BCUT2D eigenvalue weighted by Gasteiger charge is -2.22. The molecule has 0 saturated carbocycles. The summed E-state index contributed by atoms with van der Waals surface area (Å²) in [6, 6.07) is 7.69. The van der Waals surface area contributed by atoms with Crippen LogP contribution in [0.2, 0.25) is 0 Å². The van der Waals surface area contributed by atoms with Crippen LogP contribution in [-0.2, 0) is 14.2 Å². The molecule has 192 valence electrons. The molecule has 0 saturated heterocycles. The summed E-state index contributed by atoms with van der Waals surface area (Å²) in [6.07, 6.45) is 6.13. The molecule has 3 aromatic heterocycles. The molecule has 0 aliphatic rings. The first-order valence-electron chi connectivity index (χ1n) is 12.1. The van der Waals surface area contributed by atoms with Gasteiger partial charge in [0.05, 0.1) is 22.8 Å². The van der Waals surface area contributed by atoms with E-state index in [0.717, 1.165) is 27.7 Å². The topological polar surface area (TPSA) is 131 Å². The predicted molar refractivity (Wildman–Crippen MR) is 141 cm³/mol. The van der Waals surface area contributed by atoms with Crippen molar-refractivity contribution in [1.29, 1.82) is 0 Å². The summed E-state index contributed by atoms with van der Waals surface area (Å²) >= 11 is 0. The average Bonchev–Trinajstić information content (AvgIpc) is 2.88. The van der Waals surface area contributed by atoms with Crippen molar-refractivity contribution in [2.24, 2.45) is 5.73 Å². The van der Waals surface area contributed by atoms with Crippen molar-refractivity contribution in [3.05, 3.63) is 54.0 Å². The number of ether oxygens (including phenoxy) is 3. The normalized spacial score (nSPS) is 13.2. The van der Waals surface area contributed by atoms with Crippen LogP contribution >= 0.6 is 0 Å². The van der Waals surface area contributed by atoms with Crippen molar-refractivity contribution >= 4 is 34.5 Å². The van der Waals surface area contributed by atoms with Gasteiger partial charge in [-0.05, 0) is 49.6 Å². The number of fused-ring (bicyclic) bond motifs is 1. The summed E-state index contributed by atoms with van der Waals surface area (Å²) < 4.78 is 16.9. The highest BCUT2D eigenvalue weighted by atomic mass is 16.7. The quantitative estimate of drug-likeness (QED) is 0.242. The Morgan fingerprint density at radius 3 is 2.53 bits per heavy atom. The van der Waals surface area contributed by atoms with Crippen molar-refractivity contribution in [2.75, 3.05) is 32.2 Å². The van der Waals surface area contributed by atoms with E-state index in [1.165, 1.54) is 6.20 Å². The zero-order chi connectivity index (χ0) is 25.9. The van der Waals surface area contributed by atoms with Gasteiger partial charge in [-0.2, -0.15) is 5.10 Å². The van der Waals surface area contributed by atoms with Gasteiger partial charge in [0.15, 0.2) is 31.0 Å². The van der Waals surface area contributed by atoms with Gasteiger partial charge in [0.25, 0.3) is 0 Å². The van der Waals surface area contributed by atoms with Gasteiger partial charge in [0, 0.05) is 38.3 Å². The van der Waals surface area contributed by atoms with Gasteiger partial charge in [-0.15, -0.1) is 5.10 Å². The zero-order valence-electron chi connectivity index (χ0n) is 21.6. The Balaban J connectivity index is 1.77. The second-order valence-electron chi connectivity index (χ2n) is 8.34. The molecule has 10 nitrogen and oxygen atoms in total. The molecule has 1 unspecified atom stereocenters. The number of hydrogen-bond donors (Lipinski definition) is 3. The molecule has 10 heteroatoms. The van der Waals surface area contributed by atoms with E-state index in [0.29, 0.717) is 37.3 Å². The monoisotopic (exact) mass is 494 g/mol. The molecule has 36 heavy (non-hydrogen) atoms. The molecule has 0 aliphatic carbocycles. The lowest BCUT2D eigenvalue weighted by atomic mass is 10.1. The summed E-state index contributed by atoms with van der Waals surface area (Å²) in [4.78, 5) is 12.5. The van der Waals surface area contributed by atoms with Crippen LogP contribution in [0.1, 0.15) is 44.7 Å². The third-order valence-electron chi connectivity index (χ3n) is 5.49. The third-order valence-corrected chi connectivity index (χ3v) is 5.49. The Kier molecular flexibility index (Phi) is 10.2. The average molecular weight is 495 g/mol. The molecule has 3 aromatic rings. The number of allylic oxidation sites excluding steroid dienone is 1. The highest BCUT2D eigenvalue weighted by Gasteiger charge is 2.24. The van der Waals surface area contributed by atoms with Gasteiger partial charge in [-0.25, -0.2) is 9.98 Å². The van der Waals surface area contributed by atoms with Gasteiger partial charge < -0.3 is 25.3 Å². The van der Waals surface area contributed by atoms with Crippen molar-refractivity contribution in [3.63, 3.8) is 0 Å². The molecular weight excluding hydrogens is 458 g/mol. The SMILES string of the molecule is CCOC(OCC)C(C[NH+]=CC(=CN)c1cnc2ccc(Nc3cc(C(C)C)cnn3)nc2c1)OC. The molecular formula is C26H36N7O3+. The highest BCUT2D eigenvalue weighted by Crippen LogP contribution is 2.21. The first kappa shape index (κ1) is 27.1. The fraction of sp³-hybridized carbons (Fsp3) is 0.423. The summed E-state index contributed by atoms with van der Waals surface area (Å²) in [5.74, 6) is 1.65. The number of anilines is 2. The van der Waals surface area contributed by atoms with Crippen LogP contribution in [0.4, 0.5) is 11.6 Å². The summed E-state index contributed by atoms with van der Waals surface area (Å²) in [7, 11) is 1.63. The van der Waals surface area contributed by atoms with Crippen molar-refractivity contribution in [1.82, 2.24) is 20.2 Å². The molecule has 0 spiro atoms. The van der Waals surface area contributed by atoms with Crippen LogP contribution < -0.4 is 16.0 Å². The van der Waals surface area contributed by atoms with E-state index in [1.54, 1.807) is 19.5 Å². The number of aromatic nitrogens is 4.